The second-order valence-electron chi connectivity index (χ2n) is 2.26. The van der Waals surface area contributed by atoms with Crippen molar-refractivity contribution >= 4 is 161 Å². The monoisotopic (exact) mass is 526 g/mol. The number of thiocarbonyl (C=S) groups is 4. The molecule has 2 nitrogen and oxygen atoms in total. The summed E-state index contributed by atoms with van der Waals surface area (Å²) < 4.78 is 2.58. The minimum atomic E-state index is -0.426. The van der Waals surface area contributed by atoms with Crippen molar-refractivity contribution in [1.29, 1.82) is 0 Å². The first kappa shape index (κ1) is 32.7. The molecule has 0 rings (SSSR count). The molecule has 0 spiro atoms. The van der Waals surface area contributed by atoms with E-state index in [2.05, 4.69) is 99.4 Å². The van der Waals surface area contributed by atoms with Crippen LogP contribution in [0.1, 0.15) is 0 Å². The molecule has 0 aliphatic carbocycles. The van der Waals surface area contributed by atoms with Gasteiger partial charge in [-0.3, -0.25) is 0 Å². The molecule has 132 valence electrons. The third-order valence-corrected chi connectivity index (χ3v) is 6.03. The summed E-state index contributed by atoms with van der Waals surface area (Å²) in [6.45, 7) is 0. The lowest BCUT2D eigenvalue weighted by Crippen LogP contribution is -2.26. The van der Waals surface area contributed by atoms with Gasteiger partial charge in [0.15, 0.2) is 0 Å². The van der Waals surface area contributed by atoms with Gasteiger partial charge < -0.3 is 11.5 Å². The predicted octanol–water partition coefficient (Wildman–Crippen LogP) is 4.83. The van der Waals surface area contributed by atoms with Gasteiger partial charge in [-0.1, -0.05) is 60.6 Å². The van der Waals surface area contributed by atoms with Gasteiger partial charge >= 0.3 is 0 Å². The fourth-order valence-electron chi connectivity index (χ4n) is 0.116. The van der Waals surface area contributed by atoms with Gasteiger partial charge in [0, 0.05) is 0 Å². The lowest BCUT2D eigenvalue weighted by atomic mass is 11.2. The van der Waals surface area contributed by atoms with E-state index in [1.807, 2.05) is 18.8 Å². The van der Waals surface area contributed by atoms with Gasteiger partial charge in [0.25, 0.3) is 0 Å². The van der Waals surface area contributed by atoms with Crippen LogP contribution in [0, 0.1) is 0 Å². The van der Waals surface area contributed by atoms with Crippen LogP contribution in [-0.2, 0) is 0 Å². The summed E-state index contributed by atoms with van der Waals surface area (Å²) in [5.41, 5.74) is 9.77. The Morgan fingerprint density at radius 2 is 0.864 bits per heavy atom. The average molecular weight is 527 g/mol. The third-order valence-electron chi connectivity index (χ3n) is 0.761. The highest BCUT2D eigenvalue weighted by Gasteiger charge is 1.93. The van der Waals surface area contributed by atoms with Crippen molar-refractivity contribution in [2.45, 2.75) is 5.50 Å². The molecule has 0 saturated heterocycles. The number of nitrogens with two attached hydrogens (primary N) is 2. The zero-order valence-corrected chi connectivity index (χ0v) is 21.9. The summed E-state index contributed by atoms with van der Waals surface area (Å²) >= 11 is 38.8. The first-order chi connectivity index (χ1) is 9.94. The first-order valence-corrected chi connectivity index (χ1v) is 12.6. The summed E-state index contributed by atoms with van der Waals surface area (Å²) in [5, 5.41) is 0. The zero-order valence-electron chi connectivity index (χ0n) is 11.8. The lowest BCUT2D eigenvalue weighted by molar-refractivity contribution is 0.996. The maximum atomic E-state index is 5.10. The average Bonchev–Trinajstić information content (AvgIpc) is 2.38. The first-order valence-electron chi connectivity index (χ1n) is 4.65. The molecule has 0 heterocycles. The van der Waals surface area contributed by atoms with Gasteiger partial charge in [0.2, 0.25) is 0 Å². The normalized spacial score (nSPS) is 8.27. The van der Waals surface area contributed by atoms with E-state index in [0.29, 0.717) is 14.1 Å². The van der Waals surface area contributed by atoms with Gasteiger partial charge in [0.1, 0.15) is 19.6 Å². The van der Waals surface area contributed by atoms with Crippen molar-refractivity contribution in [3.05, 3.63) is 0 Å². The fourth-order valence-corrected chi connectivity index (χ4v) is 1.05. The Morgan fingerprint density at radius 3 is 0.864 bits per heavy atom. The van der Waals surface area contributed by atoms with Gasteiger partial charge in [0.05, 0.1) is 0 Å². The number of rotatable bonds is 1. The number of hydrogen-bond donors (Lipinski definition) is 6. The van der Waals surface area contributed by atoms with Gasteiger partial charge in [-0.15, -0.1) is 85.8 Å². The minimum absolute atomic E-state index is 0.426. The van der Waals surface area contributed by atoms with Crippen LogP contribution in [0.5, 0.6) is 0 Å². The molecule has 0 fully saturated rings. The van der Waals surface area contributed by atoms with E-state index in [1.54, 1.807) is 0 Å². The fraction of sp³-hybridized carbons (Fsp3) is 0.500. The van der Waals surface area contributed by atoms with Crippen LogP contribution in [0.4, 0.5) is 0 Å². The second-order valence-corrected chi connectivity index (χ2v) is 12.8. The molecule has 0 bridgehead atoms. The highest BCUT2D eigenvalue weighted by atomic mass is 32.2. The molecular formula is C8H18N2S12. The second kappa shape index (κ2) is 26.3. The van der Waals surface area contributed by atoms with Crippen LogP contribution in [0.25, 0.3) is 0 Å². The highest BCUT2D eigenvalue weighted by Crippen LogP contribution is 2.06. The molecule has 0 radical (unpaired) electrons. The van der Waals surface area contributed by atoms with Crippen LogP contribution < -0.4 is 11.5 Å². The topological polar surface area (TPSA) is 52.0 Å². The van der Waals surface area contributed by atoms with Crippen LogP contribution in [0.2, 0.25) is 0 Å². The molecule has 0 aromatic rings. The quantitative estimate of drug-likeness (QED) is 0.163. The molecule has 0 aliphatic rings. The van der Waals surface area contributed by atoms with Crippen LogP contribution >= 0.6 is 146 Å². The largest absolute Gasteiger partial charge is 0.307 e. The molecule has 0 unspecified atom stereocenters. The Morgan fingerprint density at radius 1 is 0.682 bits per heavy atom. The Hall–Kier alpha value is 3.08. The Balaban J connectivity index is -0.0000000995. The van der Waals surface area contributed by atoms with Crippen molar-refractivity contribution in [2.75, 3.05) is 18.8 Å². The van der Waals surface area contributed by atoms with E-state index in [0.717, 1.165) is 11.8 Å². The molecule has 0 amide bonds. The van der Waals surface area contributed by atoms with Gasteiger partial charge in [-0.2, -0.15) is 0 Å². The van der Waals surface area contributed by atoms with Gasteiger partial charge in [-0.25, -0.2) is 0 Å². The van der Waals surface area contributed by atoms with Gasteiger partial charge in [-0.05, 0) is 18.8 Å². The molecule has 22 heavy (non-hydrogen) atoms. The molecule has 0 aromatic heterocycles. The highest BCUT2D eigenvalue weighted by molar-refractivity contribution is 8.42. The van der Waals surface area contributed by atoms with E-state index >= 15 is 0 Å². The van der Waals surface area contributed by atoms with E-state index in [1.165, 1.54) is 35.3 Å². The molecule has 0 aliphatic heterocycles. The minimum Gasteiger partial charge on any atom is -0.307 e. The van der Waals surface area contributed by atoms with Crippen LogP contribution in [-0.4, -0.2) is 38.4 Å². The van der Waals surface area contributed by atoms with E-state index in [9.17, 15) is 0 Å². The van der Waals surface area contributed by atoms with E-state index in [-0.39, 0.29) is 0 Å². The van der Waals surface area contributed by atoms with Crippen LogP contribution in [0.3, 0.4) is 0 Å². The molecule has 0 saturated carbocycles. The molecular weight excluding hydrogens is 509 g/mol. The van der Waals surface area contributed by atoms with Crippen LogP contribution in [0.15, 0.2) is 0 Å². The van der Waals surface area contributed by atoms with Crippen molar-refractivity contribution in [3.8, 4) is 0 Å². The number of hydrogen-bond acceptors (Lipinski definition) is 10. The Bertz CT molecular complexity index is 285. The van der Waals surface area contributed by atoms with E-state index < -0.39 is 5.50 Å². The maximum absolute atomic E-state index is 5.10. The van der Waals surface area contributed by atoms with E-state index in [4.69, 9.17) is 11.5 Å². The lowest BCUT2D eigenvalue weighted by Gasteiger charge is -1.98. The SMILES string of the molecule is CSC(=S)S.CSC(=S)S.CSC(=S)S.NC(N)SC(=S)S. The molecule has 0 atom stereocenters. The molecule has 4 N–H and O–H groups in total. The maximum Gasteiger partial charge on any atom is 0.106 e. The summed E-state index contributed by atoms with van der Waals surface area (Å²) in [6, 6.07) is 0. The van der Waals surface area contributed by atoms with Crippen molar-refractivity contribution < 1.29 is 0 Å². The molecule has 0 aromatic carbocycles. The van der Waals surface area contributed by atoms with Crippen molar-refractivity contribution in [1.82, 2.24) is 0 Å². The zero-order chi connectivity index (χ0) is 18.7. The molecule has 14 heteroatoms. The third kappa shape index (κ3) is 65.8. The predicted molar refractivity (Wildman–Crippen MR) is 147 cm³/mol. The standard InChI is InChI=1S/C2H6N2S3.3C2H4S3/c3-1(4)7-2(5)6;3*1-5-2(3)4/h1H,3-4H2,(H,5,6);3*1H3,(H,3,4). The smallest absolute Gasteiger partial charge is 0.106 e. The summed E-state index contributed by atoms with van der Waals surface area (Å²) in [5.74, 6) is 0. The summed E-state index contributed by atoms with van der Waals surface area (Å²) in [7, 11) is 0. The Labute approximate surface area is 194 Å². The summed E-state index contributed by atoms with van der Waals surface area (Å²) in [6.07, 6.45) is 5.69. The van der Waals surface area contributed by atoms with Crippen molar-refractivity contribution in [3.63, 3.8) is 0 Å². The summed E-state index contributed by atoms with van der Waals surface area (Å²) in [4.78, 5) is 0. The Kier molecular flexibility index (Phi) is 39.1. The van der Waals surface area contributed by atoms with Crippen molar-refractivity contribution in [2.24, 2.45) is 11.5 Å². The number of thiol groups is 4. The number of thioether (sulfide) groups is 4.